The largest absolute Gasteiger partial charge is 0.369 e. The van der Waals surface area contributed by atoms with E-state index >= 15 is 0 Å². The number of hydrogen-bond acceptors (Lipinski definition) is 2. The van der Waals surface area contributed by atoms with Gasteiger partial charge in [0.25, 0.3) is 0 Å². The molecule has 0 fully saturated rings. The first kappa shape index (κ1) is 5.74. The molecule has 7 heavy (non-hydrogen) atoms. The number of hydrogen-bond donors (Lipinski definition) is 5. The van der Waals surface area contributed by atoms with Gasteiger partial charge in [-0.15, -0.1) is 0 Å². The van der Waals surface area contributed by atoms with Crippen molar-refractivity contribution < 1.29 is 0 Å². The summed E-state index contributed by atoms with van der Waals surface area (Å²) in [6.07, 6.45) is 1.77. The molecule has 5 nitrogen and oxygen atoms in total. The average molecular weight is 100 g/mol. The van der Waals surface area contributed by atoms with Crippen molar-refractivity contribution in [2.24, 2.45) is 5.73 Å². The van der Waals surface area contributed by atoms with E-state index in [9.17, 15) is 0 Å². The lowest BCUT2D eigenvalue weighted by Gasteiger charge is -1.96. The number of nitrogens with one attached hydrogen (secondary N) is 4. The zero-order valence-electron chi connectivity index (χ0n) is 3.58. The van der Waals surface area contributed by atoms with Gasteiger partial charge in [0, 0.05) is 0 Å². The molecule has 0 aliphatic heterocycles. The molecule has 0 aromatic heterocycles. The highest BCUT2D eigenvalue weighted by atomic mass is 15.4. The van der Waals surface area contributed by atoms with E-state index in [0.29, 0.717) is 0 Å². The zero-order chi connectivity index (χ0) is 5.70. The second-order valence-corrected chi connectivity index (χ2v) is 0.789. The molecular formula is C2H6N5. The highest BCUT2D eigenvalue weighted by Crippen LogP contribution is 1.35. The first-order chi connectivity index (χ1) is 3.27. The molecular weight excluding hydrogens is 94.1 g/mol. The highest BCUT2D eigenvalue weighted by Gasteiger charge is 1.75. The maximum Gasteiger partial charge on any atom is 0.204 e. The van der Waals surface area contributed by atoms with E-state index < -0.39 is 0 Å². The molecule has 0 saturated heterocycles. The molecule has 0 unspecified atom stereocenters. The van der Waals surface area contributed by atoms with Crippen LogP contribution in [0.5, 0.6) is 0 Å². The molecule has 0 aromatic carbocycles. The van der Waals surface area contributed by atoms with Crippen LogP contribution in [0.25, 0.3) is 0 Å². The predicted molar refractivity (Wildman–Crippen MR) is 25.9 cm³/mol. The number of hydrazine groups is 1. The molecule has 0 rings (SSSR count). The van der Waals surface area contributed by atoms with Gasteiger partial charge >= 0.3 is 0 Å². The zero-order valence-corrected chi connectivity index (χ0v) is 3.58. The Morgan fingerprint density at radius 1 is 1.71 bits per heavy atom. The van der Waals surface area contributed by atoms with E-state index in [1.165, 1.54) is 0 Å². The first-order valence-electron chi connectivity index (χ1n) is 1.54. The minimum atomic E-state index is -0.236. The lowest BCUT2D eigenvalue weighted by atomic mass is 11.1. The summed E-state index contributed by atoms with van der Waals surface area (Å²) >= 11 is 0. The molecule has 0 aliphatic rings. The molecule has 0 saturated carbocycles. The van der Waals surface area contributed by atoms with E-state index in [1.807, 2.05) is 0 Å². The summed E-state index contributed by atoms with van der Waals surface area (Å²) in [6.45, 7) is 0. The van der Waals surface area contributed by atoms with Gasteiger partial charge in [-0.1, -0.05) is 0 Å². The molecule has 0 aromatic rings. The third-order valence-corrected chi connectivity index (χ3v) is 0.260. The van der Waals surface area contributed by atoms with Crippen molar-refractivity contribution in [3.63, 3.8) is 0 Å². The van der Waals surface area contributed by atoms with Crippen molar-refractivity contribution in [1.29, 1.82) is 10.8 Å². The fourth-order valence-corrected chi connectivity index (χ4v) is 0.0986. The minimum Gasteiger partial charge on any atom is -0.369 e. The average Bonchev–Trinajstić information content (AvgIpc) is 1.61. The van der Waals surface area contributed by atoms with Gasteiger partial charge in [0.15, 0.2) is 6.34 Å². The Morgan fingerprint density at radius 3 is 2.43 bits per heavy atom. The Morgan fingerprint density at radius 2 is 2.29 bits per heavy atom. The first-order valence-corrected chi connectivity index (χ1v) is 1.54. The molecule has 39 valence electrons. The molecule has 6 N–H and O–H groups in total. The van der Waals surface area contributed by atoms with Gasteiger partial charge in [-0.25, -0.2) is 0 Å². The van der Waals surface area contributed by atoms with E-state index in [2.05, 4.69) is 10.9 Å². The maximum atomic E-state index is 6.48. The van der Waals surface area contributed by atoms with Crippen molar-refractivity contribution in [3.05, 3.63) is 0 Å². The quantitative estimate of drug-likeness (QED) is 0.126. The molecule has 0 atom stereocenters. The molecule has 0 amide bonds. The van der Waals surface area contributed by atoms with Gasteiger partial charge in [0.2, 0.25) is 5.96 Å². The van der Waals surface area contributed by atoms with Crippen molar-refractivity contribution >= 4 is 12.3 Å². The third kappa shape index (κ3) is 4.74. The fraction of sp³-hybridized carbons (Fsp3) is 0. The molecule has 5 heteroatoms. The third-order valence-electron chi connectivity index (χ3n) is 0.260. The smallest absolute Gasteiger partial charge is 0.204 e. The van der Waals surface area contributed by atoms with Crippen molar-refractivity contribution in [2.45, 2.75) is 0 Å². The maximum absolute atomic E-state index is 6.48. The minimum absolute atomic E-state index is 0.236. The van der Waals surface area contributed by atoms with Crippen LogP contribution in [0.2, 0.25) is 0 Å². The SMILES string of the molecule is N=[C]NNC(=N)N. The molecule has 0 spiro atoms. The molecule has 0 bridgehead atoms. The molecule has 0 heterocycles. The second kappa shape index (κ2) is 2.95. The normalized spacial score (nSPS) is 6.86. The summed E-state index contributed by atoms with van der Waals surface area (Å²) < 4.78 is 0. The Labute approximate surface area is 40.9 Å². The summed E-state index contributed by atoms with van der Waals surface area (Å²) in [4.78, 5) is 0. The summed E-state index contributed by atoms with van der Waals surface area (Å²) in [5.41, 5.74) is 8.94. The summed E-state index contributed by atoms with van der Waals surface area (Å²) in [5.74, 6) is -0.236. The van der Waals surface area contributed by atoms with Gasteiger partial charge in [0.1, 0.15) is 0 Å². The van der Waals surface area contributed by atoms with E-state index in [0.717, 1.165) is 0 Å². The lowest BCUT2D eigenvalue weighted by molar-refractivity contribution is 0.860. The van der Waals surface area contributed by atoms with Crippen molar-refractivity contribution in [2.75, 3.05) is 0 Å². The molecule has 1 radical (unpaired) electrons. The van der Waals surface area contributed by atoms with Crippen molar-refractivity contribution in [3.8, 4) is 0 Å². The van der Waals surface area contributed by atoms with Crippen LogP contribution in [0.1, 0.15) is 0 Å². The standard InChI is InChI=1S/C2H6N5/c3-1-6-7-2(4)5/h(H2,3,6)(H4,4,5,7). The Balaban J connectivity index is 2.97. The van der Waals surface area contributed by atoms with Crippen LogP contribution in [0.15, 0.2) is 0 Å². The van der Waals surface area contributed by atoms with Crippen LogP contribution in [-0.2, 0) is 0 Å². The van der Waals surface area contributed by atoms with E-state index in [1.54, 1.807) is 6.34 Å². The second-order valence-electron chi connectivity index (χ2n) is 0.789. The van der Waals surface area contributed by atoms with Gasteiger partial charge in [0.05, 0.1) is 0 Å². The van der Waals surface area contributed by atoms with E-state index in [4.69, 9.17) is 16.6 Å². The summed E-state index contributed by atoms with van der Waals surface area (Å²) in [5, 5.41) is 12.7. The highest BCUT2D eigenvalue weighted by molar-refractivity contribution is 5.75. The van der Waals surface area contributed by atoms with E-state index in [-0.39, 0.29) is 5.96 Å². The number of nitrogens with two attached hydrogens (primary N) is 1. The van der Waals surface area contributed by atoms with Gasteiger partial charge in [-0.05, 0) is 0 Å². The Hall–Kier alpha value is -1.26. The number of rotatable bonds is 2. The van der Waals surface area contributed by atoms with Crippen LogP contribution in [0.3, 0.4) is 0 Å². The van der Waals surface area contributed by atoms with Crippen LogP contribution >= 0.6 is 0 Å². The van der Waals surface area contributed by atoms with Crippen LogP contribution in [0.4, 0.5) is 0 Å². The molecule has 0 aliphatic carbocycles. The van der Waals surface area contributed by atoms with Crippen molar-refractivity contribution in [1.82, 2.24) is 10.9 Å². The fourth-order valence-electron chi connectivity index (χ4n) is 0.0986. The Bertz CT molecular complexity index is 76.1. The van der Waals surface area contributed by atoms with Gasteiger partial charge in [-0.3, -0.25) is 21.7 Å². The Kier molecular flexibility index (Phi) is 2.42. The monoisotopic (exact) mass is 100 g/mol. The summed E-state index contributed by atoms with van der Waals surface area (Å²) in [6, 6.07) is 0. The predicted octanol–water partition coefficient (Wildman–Crippen LogP) is -1.54. The topological polar surface area (TPSA) is 97.8 Å². The van der Waals surface area contributed by atoms with Crippen LogP contribution in [0, 0.1) is 10.8 Å². The lowest BCUT2D eigenvalue weighted by Crippen LogP contribution is -2.40. The van der Waals surface area contributed by atoms with Crippen LogP contribution in [-0.4, -0.2) is 12.3 Å². The van der Waals surface area contributed by atoms with Gasteiger partial charge < -0.3 is 5.73 Å². The van der Waals surface area contributed by atoms with Gasteiger partial charge in [-0.2, -0.15) is 0 Å². The van der Waals surface area contributed by atoms with Crippen LogP contribution < -0.4 is 16.6 Å². The summed E-state index contributed by atoms with van der Waals surface area (Å²) in [7, 11) is 0. The number of guanidine groups is 1.